The number of hydrogen-bond donors (Lipinski definition) is 2. The molecule has 0 amide bonds. The normalized spacial score (nSPS) is 10.2. The zero-order valence-electron chi connectivity index (χ0n) is 11.4. The molecule has 0 unspecified atom stereocenters. The van der Waals surface area contributed by atoms with Crippen LogP contribution in [-0.2, 0) is 13.1 Å². The van der Waals surface area contributed by atoms with Crippen LogP contribution in [0.2, 0.25) is 0 Å². The second-order valence-corrected chi connectivity index (χ2v) is 4.16. The number of hydrogen-bond acceptors (Lipinski definition) is 7. The predicted molar refractivity (Wildman–Crippen MR) is 76.9 cm³/mol. The third-order valence-corrected chi connectivity index (χ3v) is 2.95. The van der Waals surface area contributed by atoms with Crippen molar-refractivity contribution in [3.8, 4) is 5.88 Å². The first kappa shape index (κ1) is 14.7. The van der Waals surface area contributed by atoms with Crippen LogP contribution in [0.15, 0.2) is 30.6 Å². The Balaban J connectivity index is 2.26. The number of nitrogens with one attached hydrogen (secondary N) is 1. The first-order valence-electron chi connectivity index (χ1n) is 6.21. The Morgan fingerprint density at radius 1 is 1.33 bits per heavy atom. The van der Waals surface area contributed by atoms with Crippen LogP contribution < -0.4 is 15.8 Å². The number of nitro groups is 1. The van der Waals surface area contributed by atoms with Gasteiger partial charge in [0.1, 0.15) is 6.33 Å². The second-order valence-electron chi connectivity index (χ2n) is 4.16. The molecule has 21 heavy (non-hydrogen) atoms. The molecule has 0 fully saturated rings. The number of rotatable bonds is 6. The highest BCUT2D eigenvalue weighted by Gasteiger charge is 2.23. The van der Waals surface area contributed by atoms with Gasteiger partial charge in [0.2, 0.25) is 5.82 Å². The molecule has 110 valence electrons. The van der Waals surface area contributed by atoms with Gasteiger partial charge < -0.3 is 15.8 Å². The Morgan fingerprint density at radius 2 is 2.05 bits per heavy atom. The Morgan fingerprint density at radius 3 is 2.67 bits per heavy atom. The lowest BCUT2D eigenvalue weighted by atomic mass is 10.1. The van der Waals surface area contributed by atoms with Crippen molar-refractivity contribution in [1.29, 1.82) is 0 Å². The standard InChI is InChI=1S/C13H15N5O3/c1-21-13-11(18(19)20)12(16-8-17-13)15-7-10-5-3-2-4-9(10)6-14/h2-5,8H,6-7,14H2,1H3,(H,15,16,17). The average Bonchev–Trinajstić information content (AvgIpc) is 2.52. The second kappa shape index (κ2) is 6.62. The van der Waals surface area contributed by atoms with E-state index in [9.17, 15) is 10.1 Å². The van der Waals surface area contributed by atoms with Gasteiger partial charge in [-0.2, -0.15) is 4.98 Å². The molecule has 0 saturated carbocycles. The minimum Gasteiger partial charge on any atom is -0.476 e. The zero-order valence-corrected chi connectivity index (χ0v) is 11.4. The maximum atomic E-state index is 11.1. The van der Waals surface area contributed by atoms with Crippen LogP contribution in [0.5, 0.6) is 5.88 Å². The molecule has 3 N–H and O–H groups in total. The van der Waals surface area contributed by atoms with Crippen LogP contribution in [0, 0.1) is 10.1 Å². The van der Waals surface area contributed by atoms with E-state index >= 15 is 0 Å². The van der Waals surface area contributed by atoms with E-state index in [1.165, 1.54) is 13.4 Å². The molecule has 0 aliphatic heterocycles. The Labute approximate surface area is 121 Å². The van der Waals surface area contributed by atoms with E-state index in [0.29, 0.717) is 13.1 Å². The van der Waals surface area contributed by atoms with Crippen molar-refractivity contribution >= 4 is 11.5 Å². The fourth-order valence-corrected chi connectivity index (χ4v) is 1.91. The molecule has 0 radical (unpaired) electrons. The summed E-state index contributed by atoms with van der Waals surface area (Å²) in [7, 11) is 1.32. The average molecular weight is 289 g/mol. The quantitative estimate of drug-likeness (QED) is 0.610. The van der Waals surface area contributed by atoms with Crippen molar-refractivity contribution in [3.05, 3.63) is 51.8 Å². The summed E-state index contributed by atoms with van der Waals surface area (Å²) in [6.45, 7) is 0.765. The van der Waals surface area contributed by atoms with Gasteiger partial charge in [-0.15, -0.1) is 0 Å². The molecule has 0 bridgehead atoms. The lowest BCUT2D eigenvalue weighted by molar-refractivity contribution is -0.385. The van der Waals surface area contributed by atoms with E-state index in [1.54, 1.807) is 0 Å². The molecule has 1 aromatic carbocycles. The van der Waals surface area contributed by atoms with E-state index in [1.807, 2.05) is 24.3 Å². The van der Waals surface area contributed by atoms with Gasteiger partial charge in [0.25, 0.3) is 5.88 Å². The van der Waals surface area contributed by atoms with Crippen molar-refractivity contribution in [2.24, 2.45) is 5.73 Å². The number of nitrogens with two attached hydrogens (primary N) is 1. The molecule has 1 heterocycles. The fourth-order valence-electron chi connectivity index (χ4n) is 1.91. The number of methoxy groups -OCH3 is 1. The van der Waals surface area contributed by atoms with Crippen LogP contribution in [-0.4, -0.2) is 22.0 Å². The SMILES string of the molecule is COc1ncnc(NCc2ccccc2CN)c1[N+](=O)[O-]. The smallest absolute Gasteiger partial charge is 0.372 e. The van der Waals surface area contributed by atoms with Crippen molar-refractivity contribution in [3.63, 3.8) is 0 Å². The Bertz CT molecular complexity index is 647. The molecule has 0 saturated heterocycles. The van der Waals surface area contributed by atoms with Crippen molar-refractivity contribution < 1.29 is 9.66 Å². The molecular formula is C13H15N5O3. The van der Waals surface area contributed by atoms with Crippen molar-refractivity contribution in [2.75, 3.05) is 12.4 Å². The highest BCUT2D eigenvalue weighted by atomic mass is 16.6. The molecular weight excluding hydrogens is 274 g/mol. The number of aromatic nitrogens is 2. The molecule has 2 aromatic rings. The summed E-state index contributed by atoms with van der Waals surface area (Å²) < 4.78 is 4.89. The highest BCUT2D eigenvalue weighted by Crippen LogP contribution is 2.30. The Kier molecular flexibility index (Phi) is 4.62. The number of anilines is 1. The summed E-state index contributed by atoms with van der Waals surface area (Å²) in [5.74, 6) is 0.0308. The van der Waals surface area contributed by atoms with Gasteiger partial charge >= 0.3 is 5.69 Å². The maximum absolute atomic E-state index is 11.1. The van der Waals surface area contributed by atoms with E-state index in [2.05, 4.69) is 15.3 Å². The van der Waals surface area contributed by atoms with Gasteiger partial charge in [0, 0.05) is 13.1 Å². The Hall–Kier alpha value is -2.74. The van der Waals surface area contributed by atoms with E-state index in [-0.39, 0.29) is 17.4 Å². The van der Waals surface area contributed by atoms with Gasteiger partial charge in [0.15, 0.2) is 0 Å². The monoisotopic (exact) mass is 289 g/mol. The van der Waals surface area contributed by atoms with Crippen LogP contribution in [0.3, 0.4) is 0 Å². The van der Waals surface area contributed by atoms with E-state index < -0.39 is 4.92 Å². The van der Waals surface area contributed by atoms with Gasteiger partial charge in [-0.25, -0.2) is 4.98 Å². The van der Waals surface area contributed by atoms with Gasteiger partial charge in [-0.05, 0) is 11.1 Å². The molecule has 8 heteroatoms. The van der Waals surface area contributed by atoms with Crippen molar-refractivity contribution in [2.45, 2.75) is 13.1 Å². The summed E-state index contributed by atoms with van der Waals surface area (Å²) >= 11 is 0. The molecule has 0 aliphatic carbocycles. The van der Waals surface area contributed by atoms with Crippen molar-refractivity contribution in [1.82, 2.24) is 9.97 Å². The van der Waals surface area contributed by atoms with Gasteiger partial charge in [-0.1, -0.05) is 24.3 Å². The summed E-state index contributed by atoms with van der Waals surface area (Å²) in [6.07, 6.45) is 1.21. The van der Waals surface area contributed by atoms with Crippen LogP contribution in [0.4, 0.5) is 11.5 Å². The van der Waals surface area contributed by atoms with Crippen LogP contribution >= 0.6 is 0 Å². The molecule has 0 spiro atoms. The third-order valence-electron chi connectivity index (χ3n) is 2.95. The summed E-state index contributed by atoms with van der Waals surface area (Å²) in [4.78, 5) is 18.2. The predicted octanol–water partition coefficient (Wildman–Crippen LogP) is 1.46. The first-order chi connectivity index (χ1) is 10.2. The molecule has 0 aliphatic rings. The summed E-state index contributed by atoms with van der Waals surface area (Å²) in [6, 6.07) is 7.58. The molecule has 2 rings (SSSR count). The molecule has 0 atom stereocenters. The highest BCUT2D eigenvalue weighted by molar-refractivity contribution is 5.61. The van der Waals surface area contributed by atoms with Gasteiger partial charge in [0.05, 0.1) is 12.0 Å². The lowest BCUT2D eigenvalue weighted by Gasteiger charge is -2.10. The summed E-state index contributed by atoms with van der Waals surface area (Å²) in [5.41, 5.74) is 7.29. The fraction of sp³-hybridized carbons (Fsp3) is 0.231. The largest absolute Gasteiger partial charge is 0.476 e. The minimum absolute atomic E-state index is 0.0791. The van der Waals surface area contributed by atoms with Crippen LogP contribution in [0.1, 0.15) is 11.1 Å². The summed E-state index contributed by atoms with van der Waals surface area (Å²) in [5, 5.41) is 14.1. The first-order valence-corrected chi connectivity index (χ1v) is 6.21. The minimum atomic E-state index is -0.573. The topological polar surface area (TPSA) is 116 Å². The number of nitrogens with zero attached hydrogens (tertiary/aromatic N) is 3. The van der Waals surface area contributed by atoms with E-state index in [4.69, 9.17) is 10.5 Å². The van der Waals surface area contributed by atoms with E-state index in [0.717, 1.165) is 11.1 Å². The third kappa shape index (κ3) is 3.23. The molecule has 8 nitrogen and oxygen atoms in total. The number of ether oxygens (including phenoxy) is 1. The maximum Gasteiger partial charge on any atom is 0.372 e. The lowest BCUT2D eigenvalue weighted by Crippen LogP contribution is -2.09. The molecule has 1 aromatic heterocycles. The van der Waals surface area contributed by atoms with Crippen LogP contribution in [0.25, 0.3) is 0 Å². The van der Waals surface area contributed by atoms with Gasteiger partial charge in [-0.3, -0.25) is 10.1 Å². The number of benzene rings is 1. The zero-order chi connectivity index (χ0) is 15.2.